The minimum absolute atomic E-state index is 0.00350. The molecule has 0 saturated carbocycles. The summed E-state index contributed by atoms with van der Waals surface area (Å²) in [6.07, 6.45) is 7.14. The molecule has 2 amide bonds. The van der Waals surface area contributed by atoms with E-state index < -0.39 is 11.9 Å². The van der Waals surface area contributed by atoms with Crippen molar-refractivity contribution in [1.82, 2.24) is 14.0 Å². The van der Waals surface area contributed by atoms with Crippen LogP contribution in [0.5, 0.6) is 0 Å². The van der Waals surface area contributed by atoms with Crippen LogP contribution in [-0.2, 0) is 16.0 Å². The van der Waals surface area contributed by atoms with E-state index >= 15 is 0 Å². The van der Waals surface area contributed by atoms with Crippen LogP contribution in [0.3, 0.4) is 0 Å². The largest absolute Gasteiger partial charge is 0.364 e. The average Bonchev–Trinajstić information content (AvgIpc) is 3.58. The number of fused-ring (bicyclic) bond motifs is 1. The number of primary amides is 1. The first kappa shape index (κ1) is 21.6. The Kier molecular flexibility index (Phi) is 5.83. The highest BCUT2D eigenvalue weighted by molar-refractivity contribution is 7.18. The normalized spacial score (nSPS) is 20.3. The number of carbonyl (C=O) groups is 2. The van der Waals surface area contributed by atoms with Gasteiger partial charge in [0, 0.05) is 31.3 Å². The van der Waals surface area contributed by atoms with Crippen LogP contribution in [0.25, 0.3) is 15.9 Å². The minimum Gasteiger partial charge on any atom is -0.364 e. The van der Waals surface area contributed by atoms with E-state index in [2.05, 4.69) is 6.07 Å². The van der Waals surface area contributed by atoms with E-state index in [1.165, 1.54) is 0 Å². The summed E-state index contributed by atoms with van der Waals surface area (Å²) in [7, 11) is 0. The Bertz CT molecular complexity index is 1260. The van der Waals surface area contributed by atoms with Crippen LogP contribution in [0.1, 0.15) is 30.7 Å². The van der Waals surface area contributed by atoms with Crippen molar-refractivity contribution < 1.29 is 9.59 Å². The zero-order chi connectivity index (χ0) is 22.8. The highest BCUT2D eigenvalue weighted by Crippen LogP contribution is 2.40. The van der Waals surface area contributed by atoms with E-state index in [0.717, 1.165) is 39.4 Å². The quantitative estimate of drug-likeness (QED) is 0.411. The Morgan fingerprint density at radius 3 is 2.61 bits per heavy atom. The van der Waals surface area contributed by atoms with Crippen molar-refractivity contribution in [2.75, 3.05) is 6.54 Å². The summed E-state index contributed by atoms with van der Waals surface area (Å²) in [6.45, 7) is 0.589. The number of carbonyl (C=O) groups excluding carboxylic acids is 2. The number of aryl methyl sites for hydroxylation is 1. The van der Waals surface area contributed by atoms with E-state index in [0.29, 0.717) is 25.8 Å². The molecule has 6 nitrogen and oxygen atoms in total. The SMILES string of the molecule is NC(=O)[C@@H]1CCC[N+]1(C(=O)CCCc1nc2ccccc2s1)c1ccccc1-n1cccc1. The van der Waals surface area contributed by atoms with Gasteiger partial charge in [-0.05, 0) is 43.2 Å². The van der Waals surface area contributed by atoms with Gasteiger partial charge in [-0.25, -0.2) is 14.3 Å². The summed E-state index contributed by atoms with van der Waals surface area (Å²) in [5.41, 5.74) is 8.62. The van der Waals surface area contributed by atoms with Gasteiger partial charge in [-0.1, -0.05) is 24.3 Å². The van der Waals surface area contributed by atoms with Crippen LogP contribution in [-0.4, -0.2) is 34.0 Å². The summed E-state index contributed by atoms with van der Waals surface area (Å²) < 4.78 is 3.17. The van der Waals surface area contributed by atoms with Gasteiger partial charge in [0.15, 0.2) is 11.7 Å². The Morgan fingerprint density at radius 1 is 1.06 bits per heavy atom. The highest BCUT2D eigenvalue weighted by Gasteiger charge is 2.53. The van der Waals surface area contributed by atoms with Crippen molar-refractivity contribution in [3.05, 3.63) is 78.1 Å². The third kappa shape index (κ3) is 3.87. The number of para-hydroxylation sites is 3. The van der Waals surface area contributed by atoms with Crippen molar-refractivity contribution >= 4 is 39.1 Å². The highest BCUT2D eigenvalue weighted by atomic mass is 32.1. The van der Waals surface area contributed by atoms with Crippen LogP contribution >= 0.6 is 11.3 Å². The number of aromatic nitrogens is 2. The average molecular weight is 460 g/mol. The van der Waals surface area contributed by atoms with E-state index in [9.17, 15) is 9.59 Å². The maximum absolute atomic E-state index is 13.9. The van der Waals surface area contributed by atoms with Crippen molar-refractivity contribution in [1.29, 1.82) is 0 Å². The van der Waals surface area contributed by atoms with Gasteiger partial charge < -0.3 is 10.3 Å². The fourth-order valence-electron chi connectivity index (χ4n) is 5.12. The van der Waals surface area contributed by atoms with Gasteiger partial charge in [0.2, 0.25) is 0 Å². The van der Waals surface area contributed by atoms with Gasteiger partial charge >= 0.3 is 5.91 Å². The lowest BCUT2D eigenvalue weighted by Gasteiger charge is -2.36. The molecule has 1 aliphatic rings. The molecule has 2 aromatic heterocycles. The molecule has 5 rings (SSSR count). The predicted octanol–water partition coefficient (Wildman–Crippen LogP) is 4.59. The molecule has 1 aliphatic heterocycles. The zero-order valence-electron chi connectivity index (χ0n) is 18.4. The van der Waals surface area contributed by atoms with Crippen molar-refractivity contribution in [2.24, 2.45) is 5.73 Å². The summed E-state index contributed by atoms with van der Waals surface area (Å²) in [5.74, 6) is -0.355. The van der Waals surface area contributed by atoms with Gasteiger partial charge in [0.1, 0.15) is 5.69 Å². The predicted molar refractivity (Wildman–Crippen MR) is 132 cm³/mol. The number of hydrogen-bond donors (Lipinski definition) is 1. The fourth-order valence-corrected chi connectivity index (χ4v) is 6.13. The molecular weight excluding hydrogens is 432 g/mol. The number of likely N-dealkylation sites (tertiary alicyclic amines) is 1. The third-order valence-electron chi connectivity index (χ3n) is 6.61. The van der Waals surface area contributed by atoms with Crippen LogP contribution in [0, 0.1) is 0 Å². The van der Waals surface area contributed by atoms with E-state index in [4.69, 9.17) is 10.7 Å². The zero-order valence-corrected chi connectivity index (χ0v) is 19.2. The number of benzene rings is 2. The molecule has 2 aromatic carbocycles. The lowest BCUT2D eigenvalue weighted by atomic mass is 10.1. The molecule has 0 spiro atoms. The Labute approximate surface area is 196 Å². The second-order valence-corrected chi connectivity index (χ2v) is 9.67. The molecule has 4 aromatic rings. The number of rotatable bonds is 7. The van der Waals surface area contributed by atoms with Gasteiger partial charge in [-0.15, -0.1) is 11.3 Å². The maximum atomic E-state index is 13.9. The van der Waals surface area contributed by atoms with E-state index in [1.807, 2.05) is 71.6 Å². The number of nitrogens with zero attached hydrogens (tertiary/aromatic N) is 3. The van der Waals surface area contributed by atoms with Crippen LogP contribution in [0.2, 0.25) is 0 Å². The van der Waals surface area contributed by atoms with Gasteiger partial charge in [-0.3, -0.25) is 4.79 Å². The van der Waals surface area contributed by atoms with Crippen LogP contribution in [0.4, 0.5) is 5.69 Å². The molecule has 33 heavy (non-hydrogen) atoms. The fraction of sp³-hybridized carbons (Fsp3) is 0.269. The standard InChI is InChI=1S/C26H26N4O2S/c27-26(32)22-12-8-18-30(22,21-11-3-2-10-20(21)29-16-5-6-17-29)25(31)15-7-14-24-28-19-9-1-4-13-23(19)33-24/h1-6,9-11,13,16-17,22H,7-8,12,14-15,18H2,(H-,27,32)/p+1/t22-,30?/m0/s1. The van der Waals surface area contributed by atoms with E-state index in [1.54, 1.807) is 11.3 Å². The van der Waals surface area contributed by atoms with Crippen molar-refractivity contribution in [3.63, 3.8) is 0 Å². The van der Waals surface area contributed by atoms with Crippen LogP contribution in [0.15, 0.2) is 73.1 Å². The summed E-state index contributed by atoms with van der Waals surface area (Å²) in [4.78, 5) is 31.1. The number of nitrogens with two attached hydrogens (primary N) is 1. The first-order valence-corrected chi connectivity index (χ1v) is 12.2. The molecule has 3 heterocycles. The Hall–Kier alpha value is -3.29. The lowest BCUT2D eigenvalue weighted by molar-refractivity contribution is -0.136. The lowest BCUT2D eigenvalue weighted by Crippen LogP contribution is -2.62. The molecule has 1 unspecified atom stereocenters. The molecule has 7 heteroatoms. The molecule has 0 aliphatic carbocycles. The topological polar surface area (TPSA) is 78.0 Å². The second-order valence-electron chi connectivity index (χ2n) is 8.55. The number of hydrogen-bond acceptors (Lipinski definition) is 4. The van der Waals surface area contributed by atoms with Crippen LogP contribution < -0.4 is 10.2 Å². The van der Waals surface area contributed by atoms with E-state index in [-0.39, 0.29) is 10.4 Å². The monoisotopic (exact) mass is 459 g/mol. The number of amides is 2. The molecular formula is C26H27N4O2S+. The summed E-state index contributed by atoms with van der Waals surface area (Å²) in [5, 5.41) is 1.04. The molecule has 0 radical (unpaired) electrons. The van der Waals surface area contributed by atoms with Crippen molar-refractivity contribution in [2.45, 2.75) is 38.1 Å². The van der Waals surface area contributed by atoms with Gasteiger partial charge in [0.05, 0.1) is 28.2 Å². The molecule has 1 fully saturated rings. The first-order valence-electron chi connectivity index (χ1n) is 11.4. The van der Waals surface area contributed by atoms with Gasteiger partial charge in [-0.2, -0.15) is 0 Å². The minimum atomic E-state index is -0.545. The summed E-state index contributed by atoms with van der Waals surface area (Å²) >= 11 is 1.68. The smallest absolute Gasteiger partial charge is 0.319 e. The number of thiazole rings is 1. The molecule has 1 saturated heterocycles. The second kappa shape index (κ2) is 8.92. The maximum Gasteiger partial charge on any atom is 0.319 e. The first-order chi connectivity index (χ1) is 16.1. The Morgan fingerprint density at radius 2 is 1.82 bits per heavy atom. The summed E-state index contributed by atoms with van der Waals surface area (Å²) in [6, 6.07) is 19.3. The molecule has 2 N–H and O–H groups in total. The molecule has 168 valence electrons. The molecule has 2 atom stereocenters. The van der Waals surface area contributed by atoms with Crippen molar-refractivity contribution in [3.8, 4) is 5.69 Å². The Balaban J connectivity index is 1.45. The third-order valence-corrected chi connectivity index (χ3v) is 7.70. The molecule has 0 bridgehead atoms. The van der Waals surface area contributed by atoms with Gasteiger partial charge in [0.25, 0.3) is 5.91 Å². The number of quaternary nitrogens is 1.